The van der Waals surface area contributed by atoms with Crippen molar-refractivity contribution in [3.05, 3.63) is 65.7 Å². The lowest BCUT2D eigenvalue weighted by Crippen LogP contribution is -2.52. The molecule has 120 valence electrons. The molecule has 24 heavy (non-hydrogen) atoms. The molecule has 1 N–H and O–H groups in total. The van der Waals surface area contributed by atoms with Gasteiger partial charge in [0, 0.05) is 11.3 Å². The van der Waals surface area contributed by atoms with E-state index in [2.05, 4.69) is 29.5 Å². The zero-order chi connectivity index (χ0) is 16.9. The molecular weight excluding hydrogens is 298 g/mol. The average Bonchev–Trinajstić information content (AvgIpc) is 2.81. The Hall–Kier alpha value is -2.88. The highest BCUT2D eigenvalue weighted by Crippen LogP contribution is 2.39. The third kappa shape index (κ3) is 1.99. The van der Waals surface area contributed by atoms with Crippen molar-refractivity contribution in [3.8, 4) is 0 Å². The van der Waals surface area contributed by atoms with E-state index in [0.29, 0.717) is 0 Å². The predicted molar refractivity (Wildman–Crippen MR) is 98.2 cm³/mol. The summed E-state index contributed by atoms with van der Waals surface area (Å²) in [6.07, 6.45) is 2.00. The van der Waals surface area contributed by atoms with Crippen LogP contribution in [0.15, 0.2) is 59.7 Å². The van der Waals surface area contributed by atoms with E-state index < -0.39 is 5.54 Å². The van der Waals surface area contributed by atoms with Gasteiger partial charge in [-0.1, -0.05) is 29.8 Å². The summed E-state index contributed by atoms with van der Waals surface area (Å²) in [5.41, 5.74) is 5.03. The number of carbonyl (C=O) groups excluding carboxylic acids is 1. The van der Waals surface area contributed by atoms with Crippen LogP contribution >= 0.6 is 0 Å². The van der Waals surface area contributed by atoms with Crippen LogP contribution in [0, 0.1) is 6.92 Å². The Morgan fingerprint density at radius 2 is 1.79 bits per heavy atom. The lowest BCUT2D eigenvalue weighted by atomic mass is 9.84. The Morgan fingerprint density at radius 1 is 1.04 bits per heavy atom. The summed E-state index contributed by atoms with van der Waals surface area (Å²) >= 11 is 0. The maximum atomic E-state index is 13.2. The third-order valence-electron chi connectivity index (χ3n) is 4.72. The van der Waals surface area contributed by atoms with Gasteiger partial charge in [0.05, 0.1) is 11.4 Å². The molecule has 0 aliphatic carbocycles. The molecule has 2 aromatic rings. The highest BCUT2D eigenvalue weighted by Gasteiger charge is 2.50. The number of para-hydroxylation sites is 1. The summed E-state index contributed by atoms with van der Waals surface area (Å²) in [6, 6.07) is 15.8. The van der Waals surface area contributed by atoms with Crippen LogP contribution in [0.5, 0.6) is 0 Å². The van der Waals surface area contributed by atoms with Gasteiger partial charge in [-0.3, -0.25) is 4.79 Å². The van der Waals surface area contributed by atoms with Gasteiger partial charge in [0.25, 0.3) is 5.91 Å². The van der Waals surface area contributed by atoms with Crippen molar-refractivity contribution in [2.45, 2.75) is 26.3 Å². The molecule has 2 aromatic carbocycles. The van der Waals surface area contributed by atoms with Crippen LogP contribution in [0.1, 0.15) is 25.0 Å². The molecule has 2 heterocycles. The Balaban J connectivity index is 1.80. The van der Waals surface area contributed by atoms with Crippen LogP contribution in [0.2, 0.25) is 0 Å². The third-order valence-corrected chi connectivity index (χ3v) is 4.72. The summed E-state index contributed by atoms with van der Waals surface area (Å²) in [7, 11) is 0. The van der Waals surface area contributed by atoms with Crippen molar-refractivity contribution in [3.63, 3.8) is 0 Å². The molecule has 0 saturated carbocycles. The Labute approximate surface area is 141 Å². The fourth-order valence-corrected chi connectivity index (χ4v) is 3.39. The SMILES string of the molecule is CC1=CC2(Nc3ccc(C)cc31)C(=O)N(c1ccccc1)N=C2C. The first-order chi connectivity index (χ1) is 11.5. The van der Waals surface area contributed by atoms with Crippen LogP contribution in [0.25, 0.3) is 5.57 Å². The number of allylic oxidation sites excluding steroid dienone is 1. The topological polar surface area (TPSA) is 44.7 Å². The van der Waals surface area contributed by atoms with Gasteiger partial charge in [0.15, 0.2) is 5.54 Å². The molecule has 0 aromatic heterocycles. The quantitative estimate of drug-likeness (QED) is 0.864. The van der Waals surface area contributed by atoms with Gasteiger partial charge in [-0.2, -0.15) is 10.1 Å². The molecule has 4 heteroatoms. The molecule has 0 bridgehead atoms. The maximum Gasteiger partial charge on any atom is 0.283 e. The summed E-state index contributed by atoms with van der Waals surface area (Å²) in [6.45, 7) is 6.02. The number of hydrogen-bond acceptors (Lipinski definition) is 3. The van der Waals surface area contributed by atoms with Crippen molar-refractivity contribution in [2.24, 2.45) is 5.10 Å². The number of nitrogens with one attached hydrogen (secondary N) is 1. The van der Waals surface area contributed by atoms with Gasteiger partial charge in [0.2, 0.25) is 0 Å². The number of anilines is 2. The van der Waals surface area contributed by atoms with E-state index in [1.807, 2.05) is 56.3 Å². The molecule has 0 radical (unpaired) electrons. The zero-order valence-electron chi connectivity index (χ0n) is 14.0. The number of aryl methyl sites for hydroxylation is 1. The second-order valence-corrected chi connectivity index (χ2v) is 6.45. The van der Waals surface area contributed by atoms with E-state index in [-0.39, 0.29) is 5.91 Å². The van der Waals surface area contributed by atoms with E-state index in [9.17, 15) is 4.79 Å². The highest BCUT2D eigenvalue weighted by atomic mass is 16.2. The van der Waals surface area contributed by atoms with Crippen LogP contribution in [-0.2, 0) is 4.79 Å². The van der Waals surface area contributed by atoms with Crippen molar-refractivity contribution in [2.75, 3.05) is 10.3 Å². The van der Waals surface area contributed by atoms with E-state index in [0.717, 1.165) is 28.2 Å². The first-order valence-corrected chi connectivity index (χ1v) is 8.05. The van der Waals surface area contributed by atoms with Gasteiger partial charge in [-0.05, 0) is 56.7 Å². The summed E-state index contributed by atoms with van der Waals surface area (Å²) < 4.78 is 0. The zero-order valence-corrected chi connectivity index (χ0v) is 14.0. The summed E-state index contributed by atoms with van der Waals surface area (Å²) in [5, 5.41) is 9.46. The lowest BCUT2D eigenvalue weighted by Gasteiger charge is -2.33. The number of rotatable bonds is 1. The predicted octanol–water partition coefficient (Wildman–Crippen LogP) is 3.99. The molecule has 1 amide bonds. The first-order valence-electron chi connectivity index (χ1n) is 8.05. The molecule has 1 atom stereocenters. The monoisotopic (exact) mass is 317 g/mol. The summed E-state index contributed by atoms with van der Waals surface area (Å²) in [4.78, 5) is 13.2. The highest BCUT2D eigenvalue weighted by molar-refractivity contribution is 6.27. The number of hydrogen-bond donors (Lipinski definition) is 1. The van der Waals surface area contributed by atoms with E-state index >= 15 is 0 Å². The van der Waals surface area contributed by atoms with Crippen LogP contribution in [-0.4, -0.2) is 17.2 Å². The van der Waals surface area contributed by atoms with Crippen LogP contribution in [0.4, 0.5) is 11.4 Å². The Kier molecular flexibility index (Phi) is 3.10. The van der Waals surface area contributed by atoms with Crippen molar-refractivity contribution in [1.82, 2.24) is 0 Å². The number of hydrazone groups is 1. The average molecular weight is 317 g/mol. The molecule has 1 spiro atoms. The van der Waals surface area contributed by atoms with Crippen LogP contribution < -0.4 is 10.3 Å². The Bertz CT molecular complexity index is 898. The molecule has 2 aliphatic rings. The number of amides is 1. The minimum Gasteiger partial charge on any atom is -0.363 e. The van der Waals surface area contributed by atoms with E-state index in [1.54, 1.807) is 0 Å². The standard InChI is InChI=1S/C20H19N3O/c1-13-9-10-18-17(11-13)14(2)12-20(21-18)15(3)22-23(19(20)24)16-7-5-4-6-8-16/h4-12,21H,1-3H3. The van der Waals surface area contributed by atoms with E-state index in [1.165, 1.54) is 10.6 Å². The first kappa shape index (κ1) is 14.7. The van der Waals surface area contributed by atoms with Crippen molar-refractivity contribution in [1.29, 1.82) is 0 Å². The molecule has 4 nitrogen and oxygen atoms in total. The molecule has 4 rings (SSSR count). The van der Waals surface area contributed by atoms with Gasteiger partial charge < -0.3 is 5.32 Å². The largest absolute Gasteiger partial charge is 0.363 e. The number of benzene rings is 2. The van der Waals surface area contributed by atoms with Gasteiger partial charge in [0.1, 0.15) is 0 Å². The Morgan fingerprint density at radius 3 is 2.54 bits per heavy atom. The summed E-state index contributed by atoms with van der Waals surface area (Å²) in [5.74, 6) is -0.0724. The minimum atomic E-state index is -0.901. The number of nitrogens with zero attached hydrogens (tertiary/aromatic N) is 2. The fraction of sp³-hybridized carbons (Fsp3) is 0.200. The normalized spacial score (nSPS) is 22.1. The minimum absolute atomic E-state index is 0.0724. The number of fused-ring (bicyclic) bond motifs is 1. The van der Waals surface area contributed by atoms with Crippen LogP contribution in [0.3, 0.4) is 0 Å². The molecule has 1 unspecified atom stereocenters. The molecule has 0 saturated heterocycles. The van der Waals surface area contributed by atoms with Gasteiger partial charge in [-0.15, -0.1) is 0 Å². The van der Waals surface area contributed by atoms with Gasteiger partial charge in [-0.25, -0.2) is 0 Å². The lowest BCUT2D eigenvalue weighted by molar-refractivity contribution is -0.119. The fourth-order valence-electron chi connectivity index (χ4n) is 3.39. The molecular formula is C20H19N3O. The molecule has 0 fully saturated rings. The second-order valence-electron chi connectivity index (χ2n) is 6.45. The van der Waals surface area contributed by atoms with Crippen molar-refractivity contribution < 1.29 is 4.79 Å². The van der Waals surface area contributed by atoms with Crippen molar-refractivity contribution >= 4 is 28.6 Å². The molecule has 2 aliphatic heterocycles. The smallest absolute Gasteiger partial charge is 0.283 e. The van der Waals surface area contributed by atoms with Gasteiger partial charge >= 0.3 is 0 Å². The maximum absolute atomic E-state index is 13.2. The number of carbonyl (C=O) groups is 1. The second kappa shape index (κ2) is 5.06. The van der Waals surface area contributed by atoms with E-state index in [4.69, 9.17) is 0 Å².